The van der Waals surface area contributed by atoms with Crippen molar-refractivity contribution in [3.8, 4) is 28.7 Å². The molecule has 1 aliphatic heterocycles. The number of aromatic nitrogens is 3. The number of fused-ring (bicyclic) bond motifs is 4. The number of anilines is 1. The van der Waals surface area contributed by atoms with E-state index in [0.29, 0.717) is 45.4 Å². The standard InChI is InChI=1S/C29H26N4O6/c1-15-7-20(26-22(8-15)33-25(35-4)12-31-26)23-11-21-27(39-23)16(2)9-24-28(21)36-13-19(38-24)14-37-29(34)32-18-5-6-30-17(3)10-18/h5-12,19H,13-14H2,1-4H3,(H,30,32,34). The maximum absolute atomic E-state index is 12.3. The van der Waals surface area contributed by atoms with Crippen LogP contribution in [-0.4, -0.2) is 47.5 Å². The second-order valence-corrected chi connectivity index (χ2v) is 9.43. The third kappa shape index (κ3) is 4.76. The summed E-state index contributed by atoms with van der Waals surface area (Å²) < 4.78 is 29.2. The number of furan rings is 1. The molecule has 0 saturated carbocycles. The Morgan fingerprint density at radius 2 is 2.00 bits per heavy atom. The average molecular weight is 527 g/mol. The molecule has 0 spiro atoms. The number of hydrogen-bond acceptors (Lipinski definition) is 9. The Kier molecular flexibility index (Phi) is 6.14. The summed E-state index contributed by atoms with van der Waals surface area (Å²) in [4.78, 5) is 25.5. The smallest absolute Gasteiger partial charge is 0.411 e. The van der Waals surface area contributed by atoms with Crippen LogP contribution in [0.4, 0.5) is 10.5 Å². The number of ether oxygens (including phenoxy) is 4. The van der Waals surface area contributed by atoms with Crippen LogP contribution >= 0.6 is 0 Å². The van der Waals surface area contributed by atoms with Crippen molar-refractivity contribution in [3.05, 3.63) is 65.6 Å². The van der Waals surface area contributed by atoms with Crippen molar-refractivity contribution in [2.45, 2.75) is 26.9 Å². The molecule has 6 rings (SSSR count). The molecule has 0 aliphatic carbocycles. The van der Waals surface area contributed by atoms with Crippen LogP contribution in [-0.2, 0) is 4.74 Å². The van der Waals surface area contributed by atoms with E-state index in [1.807, 2.05) is 45.0 Å². The predicted molar refractivity (Wildman–Crippen MR) is 145 cm³/mol. The van der Waals surface area contributed by atoms with E-state index in [4.69, 9.17) is 23.4 Å². The molecule has 10 heteroatoms. The molecular weight excluding hydrogens is 500 g/mol. The van der Waals surface area contributed by atoms with Gasteiger partial charge < -0.3 is 23.4 Å². The molecule has 5 aromatic rings. The molecule has 1 N–H and O–H groups in total. The summed E-state index contributed by atoms with van der Waals surface area (Å²) in [6.45, 7) is 6.03. The molecule has 39 heavy (non-hydrogen) atoms. The molecule has 10 nitrogen and oxygen atoms in total. The fourth-order valence-electron chi connectivity index (χ4n) is 4.63. The molecule has 0 fully saturated rings. The van der Waals surface area contributed by atoms with E-state index >= 15 is 0 Å². The summed E-state index contributed by atoms with van der Waals surface area (Å²) in [7, 11) is 1.56. The third-order valence-corrected chi connectivity index (χ3v) is 6.40. The Bertz CT molecular complexity index is 1730. The van der Waals surface area contributed by atoms with Crippen molar-refractivity contribution < 1.29 is 28.2 Å². The molecule has 1 unspecified atom stereocenters. The number of amides is 1. The van der Waals surface area contributed by atoms with Crippen LogP contribution < -0.4 is 19.5 Å². The number of hydrogen-bond donors (Lipinski definition) is 1. The maximum Gasteiger partial charge on any atom is 0.411 e. The topological polar surface area (TPSA) is 118 Å². The second-order valence-electron chi connectivity index (χ2n) is 9.43. The summed E-state index contributed by atoms with van der Waals surface area (Å²) >= 11 is 0. The van der Waals surface area contributed by atoms with Crippen LogP contribution in [0, 0.1) is 20.8 Å². The molecule has 0 radical (unpaired) electrons. The van der Waals surface area contributed by atoms with Gasteiger partial charge >= 0.3 is 6.09 Å². The average Bonchev–Trinajstić information content (AvgIpc) is 3.37. The monoisotopic (exact) mass is 526 g/mol. The van der Waals surface area contributed by atoms with Gasteiger partial charge in [0.25, 0.3) is 0 Å². The van der Waals surface area contributed by atoms with E-state index in [9.17, 15) is 4.79 Å². The van der Waals surface area contributed by atoms with E-state index < -0.39 is 12.2 Å². The third-order valence-electron chi connectivity index (χ3n) is 6.40. The minimum atomic E-state index is -0.577. The van der Waals surface area contributed by atoms with Gasteiger partial charge in [-0.15, -0.1) is 0 Å². The molecule has 3 aromatic heterocycles. The predicted octanol–water partition coefficient (Wildman–Crippen LogP) is 5.76. The van der Waals surface area contributed by atoms with Gasteiger partial charge in [0.2, 0.25) is 5.88 Å². The van der Waals surface area contributed by atoms with Gasteiger partial charge in [0.05, 0.1) is 29.7 Å². The zero-order chi connectivity index (χ0) is 27.1. The fraction of sp³-hybridized carbons (Fsp3) is 0.241. The van der Waals surface area contributed by atoms with Crippen molar-refractivity contribution in [1.82, 2.24) is 15.0 Å². The van der Waals surface area contributed by atoms with Crippen molar-refractivity contribution in [2.75, 3.05) is 25.6 Å². The van der Waals surface area contributed by atoms with Crippen LogP contribution in [0.1, 0.15) is 16.8 Å². The second kappa shape index (κ2) is 9.79. The number of carbonyl (C=O) groups excluding carboxylic acids is 1. The lowest BCUT2D eigenvalue weighted by Gasteiger charge is -2.27. The van der Waals surface area contributed by atoms with Crippen molar-refractivity contribution in [3.63, 3.8) is 0 Å². The van der Waals surface area contributed by atoms with Crippen LogP contribution in [0.3, 0.4) is 0 Å². The lowest BCUT2D eigenvalue weighted by molar-refractivity contribution is 0.0382. The van der Waals surface area contributed by atoms with E-state index in [0.717, 1.165) is 27.8 Å². The van der Waals surface area contributed by atoms with E-state index in [1.165, 1.54) is 0 Å². The van der Waals surface area contributed by atoms with Gasteiger partial charge in [-0.2, -0.15) is 0 Å². The highest BCUT2D eigenvalue weighted by Gasteiger charge is 2.27. The first-order chi connectivity index (χ1) is 18.9. The fourth-order valence-corrected chi connectivity index (χ4v) is 4.63. The molecular formula is C29H26N4O6. The highest BCUT2D eigenvalue weighted by Crippen LogP contribution is 2.44. The minimum Gasteiger partial charge on any atom is -0.485 e. The molecule has 4 heterocycles. The Morgan fingerprint density at radius 1 is 1.13 bits per heavy atom. The lowest BCUT2D eigenvalue weighted by atomic mass is 10.1. The van der Waals surface area contributed by atoms with Gasteiger partial charge in [-0.3, -0.25) is 10.3 Å². The van der Waals surface area contributed by atoms with E-state index in [1.54, 1.807) is 31.6 Å². The zero-order valence-electron chi connectivity index (χ0n) is 21.9. The number of carbonyl (C=O) groups is 1. The zero-order valence-corrected chi connectivity index (χ0v) is 21.9. The molecule has 0 bridgehead atoms. The van der Waals surface area contributed by atoms with Gasteiger partial charge in [0, 0.05) is 23.1 Å². The molecule has 1 amide bonds. The molecule has 1 atom stereocenters. The number of aryl methyl sites for hydroxylation is 3. The largest absolute Gasteiger partial charge is 0.485 e. The highest BCUT2D eigenvalue weighted by atomic mass is 16.6. The maximum atomic E-state index is 12.3. The van der Waals surface area contributed by atoms with Crippen LogP contribution in [0.5, 0.6) is 17.4 Å². The Labute approximate surface area is 223 Å². The molecule has 0 saturated heterocycles. The van der Waals surface area contributed by atoms with E-state index in [-0.39, 0.29) is 13.2 Å². The van der Waals surface area contributed by atoms with Crippen molar-refractivity contribution in [2.24, 2.45) is 0 Å². The van der Waals surface area contributed by atoms with Crippen molar-refractivity contribution in [1.29, 1.82) is 0 Å². The number of nitrogens with one attached hydrogen (secondary N) is 1. The number of pyridine rings is 1. The normalized spacial score (nSPS) is 14.4. The first-order valence-corrected chi connectivity index (χ1v) is 12.4. The first-order valence-electron chi connectivity index (χ1n) is 12.4. The van der Waals surface area contributed by atoms with Crippen molar-refractivity contribution >= 4 is 33.8 Å². The Morgan fingerprint density at radius 3 is 2.82 bits per heavy atom. The first kappa shape index (κ1) is 24.5. The summed E-state index contributed by atoms with van der Waals surface area (Å²) in [5.41, 5.74) is 6.25. The van der Waals surface area contributed by atoms with Crippen LogP contribution in [0.2, 0.25) is 0 Å². The lowest BCUT2D eigenvalue weighted by Crippen LogP contribution is -2.35. The summed E-state index contributed by atoms with van der Waals surface area (Å²) in [5.74, 6) is 2.24. The molecule has 1 aliphatic rings. The number of methoxy groups -OCH3 is 1. The molecule has 2 aromatic carbocycles. The molecule has 198 valence electrons. The quantitative estimate of drug-likeness (QED) is 0.305. The highest BCUT2D eigenvalue weighted by molar-refractivity contribution is 5.97. The SMILES string of the molecule is COc1cnc2c(-c3cc4c5c(cc(C)c4o3)OC(COC(=O)Nc3ccnc(C)c3)CO5)cc(C)cc2n1. The number of rotatable bonds is 5. The minimum absolute atomic E-state index is 0.0282. The van der Waals surface area contributed by atoms with E-state index in [2.05, 4.69) is 20.3 Å². The number of benzene rings is 2. The Hall–Kier alpha value is -4.86. The summed E-state index contributed by atoms with van der Waals surface area (Å²) in [6, 6.07) is 11.2. The summed E-state index contributed by atoms with van der Waals surface area (Å²) in [6.07, 6.45) is 2.17. The summed E-state index contributed by atoms with van der Waals surface area (Å²) in [5, 5.41) is 3.48. The van der Waals surface area contributed by atoms with Gasteiger partial charge in [-0.05, 0) is 68.3 Å². The number of nitrogens with zero attached hydrogens (tertiary/aromatic N) is 3. The van der Waals surface area contributed by atoms with Gasteiger partial charge in [0.1, 0.15) is 24.6 Å². The van der Waals surface area contributed by atoms with Gasteiger partial charge in [0.15, 0.2) is 17.6 Å². The Balaban J connectivity index is 1.24. The van der Waals surface area contributed by atoms with Gasteiger partial charge in [-0.25, -0.2) is 14.8 Å². The van der Waals surface area contributed by atoms with Crippen LogP contribution in [0.15, 0.2) is 53.2 Å². The van der Waals surface area contributed by atoms with Crippen LogP contribution in [0.25, 0.3) is 33.3 Å². The van der Waals surface area contributed by atoms with Gasteiger partial charge in [-0.1, -0.05) is 0 Å².